The monoisotopic (exact) mass is 400 g/mol. The summed E-state index contributed by atoms with van der Waals surface area (Å²) in [6, 6.07) is 23.1. The number of likely N-dealkylation sites (tertiary alicyclic amines) is 1. The number of carbonyl (C=O) groups is 1. The van der Waals surface area contributed by atoms with Crippen molar-refractivity contribution in [3.05, 3.63) is 96.1 Å². The minimum absolute atomic E-state index is 0.0267. The number of hydrogen-bond donors (Lipinski definition) is 1. The zero-order valence-corrected chi connectivity index (χ0v) is 16.1. The van der Waals surface area contributed by atoms with Gasteiger partial charge in [0.05, 0.1) is 18.2 Å². The molecule has 2 aromatic heterocycles. The standard InChI is InChI=1S/C23H20N4O3/c28-23(24-20(16-8-3-1-4-9-16)17-10-5-2-6-11-17)27-14-18(15-27)22-25-21(26-30-22)19-12-7-13-29-19/h1-13,18,20H,14-15H2,(H,24,28). The molecule has 0 radical (unpaired) electrons. The molecule has 0 unspecified atom stereocenters. The summed E-state index contributed by atoms with van der Waals surface area (Å²) in [7, 11) is 0. The summed E-state index contributed by atoms with van der Waals surface area (Å²) in [6.07, 6.45) is 1.57. The minimum atomic E-state index is -0.215. The van der Waals surface area contributed by atoms with E-state index in [1.807, 2.05) is 60.7 Å². The summed E-state index contributed by atoms with van der Waals surface area (Å²) in [5.41, 5.74) is 2.07. The van der Waals surface area contributed by atoms with Crippen molar-refractivity contribution in [2.24, 2.45) is 0 Å². The van der Waals surface area contributed by atoms with Crippen LogP contribution in [0.2, 0.25) is 0 Å². The van der Waals surface area contributed by atoms with Crippen molar-refractivity contribution in [3.8, 4) is 11.6 Å². The average Bonchev–Trinajstić information content (AvgIpc) is 3.44. The van der Waals surface area contributed by atoms with Gasteiger partial charge < -0.3 is 19.2 Å². The van der Waals surface area contributed by atoms with Crippen molar-refractivity contribution in [3.63, 3.8) is 0 Å². The molecule has 1 saturated heterocycles. The predicted octanol–water partition coefficient (Wildman–Crippen LogP) is 4.23. The van der Waals surface area contributed by atoms with Crippen molar-refractivity contribution in [1.82, 2.24) is 20.4 Å². The van der Waals surface area contributed by atoms with Gasteiger partial charge in [0, 0.05) is 13.1 Å². The summed E-state index contributed by atoms with van der Waals surface area (Å²) in [6.45, 7) is 1.06. The quantitative estimate of drug-likeness (QED) is 0.542. The zero-order chi connectivity index (χ0) is 20.3. The van der Waals surface area contributed by atoms with Gasteiger partial charge in [-0.05, 0) is 23.3 Å². The summed E-state index contributed by atoms with van der Waals surface area (Å²) in [4.78, 5) is 19.0. The second kappa shape index (κ2) is 7.87. The maximum atomic E-state index is 12.9. The number of hydrogen-bond acceptors (Lipinski definition) is 5. The molecule has 30 heavy (non-hydrogen) atoms. The molecule has 2 aromatic carbocycles. The van der Waals surface area contributed by atoms with E-state index in [1.54, 1.807) is 23.3 Å². The molecule has 0 aliphatic carbocycles. The molecule has 0 bridgehead atoms. The van der Waals surface area contributed by atoms with Crippen LogP contribution in [-0.4, -0.2) is 34.2 Å². The highest BCUT2D eigenvalue weighted by molar-refractivity contribution is 5.76. The number of nitrogens with zero attached hydrogens (tertiary/aromatic N) is 3. The number of benzene rings is 2. The fourth-order valence-electron chi connectivity index (χ4n) is 3.57. The third-order valence-corrected chi connectivity index (χ3v) is 5.23. The lowest BCUT2D eigenvalue weighted by Gasteiger charge is -2.38. The first-order valence-corrected chi connectivity index (χ1v) is 9.81. The molecule has 4 aromatic rings. The van der Waals surface area contributed by atoms with Gasteiger partial charge in [-0.2, -0.15) is 4.98 Å². The Hall–Kier alpha value is -3.87. The van der Waals surface area contributed by atoms with Gasteiger partial charge in [0.2, 0.25) is 11.7 Å². The largest absolute Gasteiger partial charge is 0.461 e. The Kier molecular flexibility index (Phi) is 4.77. The van der Waals surface area contributed by atoms with Gasteiger partial charge in [-0.3, -0.25) is 0 Å². The minimum Gasteiger partial charge on any atom is -0.461 e. The molecule has 5 rings (SSSR count). The lowest BCUT2D eigenvalue weighted by Crippen LogP contribution is -2.53. The van der Waals surface area contributed by atoms with Gasteiger partial charge in [-0.1, -0.05) is 65.8 Å². The van der Waals surface area contributed by atoms with Gasteiger partial charge in [0.1, 0.15) is 0 Å². The molecule has 1 aliphatic rings. The van der Waals surface area contributed by atoms with Crippen LogP contribution < -0.4 is 5.32 Å². The highest BCUT2D eigenvalue weighted by Crippen LogP contribution is 2.29. The Bertz CT molecular complexity index is 1060. The van der Waals surface area contributed by atoms with Crippen molar-refractivity contribution in [2.75, 3.05) is 13.1 Å². The van der Waals surface area contributed by atoms with Crippen LogP contribution in [-0.2, 0) is 0 Å². The fourth-order valence-corrected chi connectivity index (χ4v) is 3.57. The Labute approximate surface area is 173 Å². The molecule has 7 heteroatoms. The number of urea groups is 1. The van der Waals surface area contributed by atoms with Crippen molar-refractivity contribution in [1.29, 1.82) is 0 Å². The van der Waals surface area contributed by atoms with Gasteiger partial charge in [-0.25, -0.2) is 4.79 Å². The molecule has 150 valence electrons. The van der Waals surface area contributed by atoms with Crippen LogP contribution in [0.1, 0.15) is 29.0 Å². The topological polar surface area (TPSA) is 84.4 Å². The van der Waals surface area contributed by atoms with Crippen LogP contribution in [0.25, 0.3) is 11.6 Å². The van der Waals surface area contributed by atoms with Crippen LogP contribution in [0.4, 0.5) is 4.79 Å². The highest BCUT2D eigenvalue weighted by atomic mass is 16.5. The van der Waals surface area contributed by atoms with Crippen LogP contribution in [0, 0.1) is 0 Å². The first-order chi connectivity index (χ1) is 14.8. The lowest BCUT2D eigenvalue weighted by atomic mass is 9.98. The van der Waals surface area contributed by atoms with E-state index in [0.29, 0.717) is 30.6 Å². The fraction of sp³-hybridized carbons (Fsp3) is 0.174. The normalized spacial score (nSPS) is 14.0. The van der Waals surface area contributed by atoms with E-state index in [1.165, 1.54) is 0 Å². The van der Waals surface area contributed by atoms with Gasteiger partial charge in [0.15, 0.2) is 5.76 Å². The third kappa shape index (κ3) is 3.57. The van der Waals surface area contributed by atoms with E-state index in [2.05, 4.69) is 15.5 Å². The van der Waals surface area contributed by atoms with Crippen LogP contribution in [0.3, 0.4) is 0 Å². The number of amides is 2. The SMILES string of the molecule is O=C(NC(c1ccccc1)c1ccccc1)N1CC(c2nc(-c3ccco3)no2)C1. The van der Waals surface area contributed by atoms with E-state index in [-0.39, 0.29) is 18.0 Å². The van der Waals surface area contributed by atoms with E-state index < -0.39 is 0 Å². The predicted molar refractivity (Wildman–Crippen MR) is 110 cm³/mol. The number of carbonyl (C=O) groups excluding carboxylic acids is 1. The van der Waals surface area contributed by atoms with Crippen LogP contribution >= 0.6 is 0 Å². The summed E-state index contributed by atoms with van der Waals surface area (Å²) >= 11 is 0. The highest BCUT2D eigenvalue weighted by Gasteiger charge is 2.36. The van der Waals surface area contributed by atoms with E-state index in [0.717, 1.165) is 11.1 Å². The molecule has 1 N–H and O–H groups in total. The zero-order valence-electron chi connectivity index (χ0n) is 16.1. The summed E-state index contributed by atoms with van der Waals surface area (Å²) in [5, 5.41) is 7.12. The molecule has 0 atom stereocenters. The van der Waals surface area contributed by atoms with Crippen molar-refractivity contribution >= 4 is 6.03 Å². The number of furan rings is 1. The second-order valence-electron chi connectivity index (χ2n) is 7.24. The molecule has 1 fully saturated rings. The van der Waals surface area contributed by atoms with Crippen molar-refractivity contribution in [2.45, 2.75) is 12.0 Å². The first-order valence-electron chi connectivity index (χ1n) is 9.81. The Morgan fingerprint density at radius 2 is 1.63 bits per heavy atom. The molecule has 0 spiro atoms. The van der Waals surface area contributed by atoms with Crippen molar-refractivity contribution < 1.29 is 13.7 Å². The maximum Gasteiger partial charge on any atom is 0.318 e. The lowest BCUT2D eigenvalue weighted by molar-refractivity contribution is 0.135. The van der Waals surface area contributed by atoms with E-state index in [9.17, 15) is 4.79 Å². The third-order valence-electron chi connectivity index (χ3n) is 5.23. The molecule has 2 amide bonds. The molecule has 7 nitrogen and oxygen atoms in total. The first kappa shape index (κ1) is 18.2. The maximum absolute atomic E-state index is 12.9. The van der Waals surface area contributed by atoms with Crippen LogP contribution in [0.15, 0.2) is 88.0 Å². The Balaban J connectivity index is 1.25. The molecule has 0 saturated carbocycles. The summed E-state index contributed by atoms with van der Waals surface area (Å²) in [5.74, 6) is 1.53. The average molecular weight is 400 g/mol. The van der Waals surface area contributed by atoms with E-state index in [4.69, 9.17) is 8.94 Å². The molecular weight excluding hydrogens is 380 g/mol. The number of nitrogens with one attached hydrogen (secondary N) is 1. The molecular formula is C23H20N4O3. The molecule has 1 aliphatic heterocycles. The van der Waals surface area contributed by atoms with Gasteiger partial charge >= 0.3 is 6.03 Å². The molecule has 3 heterocycles. The smallest absolute Gasteiger partial charge is 0.318 e. The Morgan fingerprint density at radius 3 is 2.23 bits per heavy atom. The van der Waals surface area contributed by atoms with Crippen LogP contribution in [0.5, 0.6) is 0 Å². The Morgan fingerprint density at radius 1 is 0.967 bits per heavy atom. The number of rotatable bonds is 5. The summed E-state index contributed by atoms with van der Waals surface area (Å²) < 4.78 is 10.7. The van der Waals surface area contributed by atoms with Gasteiger partial charge in [-0.15, -0.1) is 0 Å². The number of aromatic nitrogens is 2. The second-order valence-corrected chi connectivity index (χ2v) is 7.24. The van der Waals surface area contributed by atoms with E-state index >= 15 is 0 Å². The van der Waals surface area contributed by atoms with Gasteiger partial charge in [0.25, 0.3) is 0 Å².